The number of benzene rings is 3. The van der Waals surface area contributed by atoms with Crippen molar-refractivity contribution in [2.75, 3.05) is 11.4 Å². The number of para-hydroxylation sites is 2. The number of nitrogens with one attached hydrogen (secondary N) is 1. The highest BCUT2D eigenvalue weighted by Crippen LogP contribution is 2.35. The Morgan fingerprint density at radius 3 is 2.48 bits per heavy atom. The van der Waals surface area contributed by atoms with E-state index in [1.165, 1.54) is 5.56 Å². The Kier molecular flexibility index (Phi) is 6.04. The van der Waals surface area contributed by atoms with Gasteiger partial charge in [-0.3, -0.25) is 15.1 Å². The maximum atomic E-state index is 13.2. The first-order valence-corrected chi connectivity index (χ1v) is 13.8. The molecule has 1 fully saturated rings. The number of hydrogen-bond acceptors (Lipinski definition) is 5. The van der Waals surface area contributed by atoms with Crippen LogP contribution in [0, 0.1) is 5.92 Å². The van der Waals surface area contributed by atoms with Gasteiger partial charge in [-0.25, -0.2) is 0 Å². The number of amides is 1. The Bertz CT molecular complexity index is 1740. The molecule has 2 atom stereocenters. The lowest BCUT2D eigenvalue weighted by Gasteiger charge is -2.22. The van der Waals surface area contributed by atoms with Crippen molar-refractivity contribution in [2.45, 2.75) is 32.3 Å². The number of carbonyl (C=O) groups excluding carboxylic acids is 1. The van der Waals surface area contributed by atoms with Crippen LogP contribution >= 0.6 is 0 Å². The van der Waals surface area contributed by atoms with E-state index in [4.69, 9.17) is 0 Å². The number of nitrogens with zero attached hydrogens (tertiary/aromatic N) is 5. The second kappa shape index (κ2) is 9.88. The van der Waals surface area contributed by atoms with Crippen LogP contribution in [0.25, 0.3) is 21.8 Å². The van der Waals surface area contributed by atoms with Crippen LogP contribution in [0.2, 0.25) is 0 Å². The van der Waals surface area contributed by atoms with E-state index in [9.17, 15) is 9.90 Å². The van der Waals surface area contributed by atoms with Crippen molar-refractivity contribution >= 4 is 39.2 Å². The lowest BCUT2D eigenvalue weighted by molar-refractivity contribution is -0.131. The summed E-state index contributed by atoms with van der Waals surface area (Å²) in [6.45, 7) is 2.18. The fourth-order valence-electron chi connectivity index (χ4n) is 6.23. The molecule has 2 aliphatic heterocycles. The van der Waals surface area contributed by atoms with Crippen molar-refractivity contribution in [3.63, 3.8) is 0 Å². The molecule has 8 nitrogen and oxygen atoms in total. The Morgan fingerprint density at radius 1 is 0.925 bits per heavy atom. The highest BCUT2D eigenvalue weighted by Gasteiger charge is 2.34. The molecule has 1 amide bonds. The third-order valence-corrected chi connectivity index (χ3v) is 8.27. The molecule has 0 saturated carbocycles. The van der Waals surface area contributed by atoms with Crippen LogP contribution < -0.4 is 10.3 Å². The summed E-state index contributed by atoms with van der Waals surface area (Å²) in [5.41, 5.74) is 8.04. The maximum Gasteiger partial charge on any atom is 0.226 e. The van der Waals surface area contributed by atoms with E-state index in [-0.39, 0.29) is 11.8 Å². The molecular weight excluding hydrogens is 500 g/mol. The van der Waals surface area contributed by atoms with Gasteiger partial charge < -0.3 is 19.1 Å². The number of aliphatic hydroxyl groups excluding tert-OH is 1. The Balaban J connectivity index is 1.16. The van der Waals surface area contributed by atoms with Gasteiger partial charge in [0.05, 0.1) is 11.2 Å². The number of aromatic nitrogens is 2. The van der Waals surface area contributed by atoms with E-state index >= 15 is 0 Å². The summed E-state index contributed by atoms with van der Waals surface area (Å²) in [6, 6.07) is 26.6. The summed E-state index contributed by atoms with van der Waals surface area (Å²) in [5, 5.41) is 17.7. The fraction of sp³-hybridized carbons (Fsp3) is 0.250. The van der Waals surface area contributed by atoms with Crippen molar-refractivity contribution in [2.24, 2.45) is 18.1 Å². The fourth-order valence-corrected chi connectivity index (χ4v) is 6.23. The van der Waals surface area contributed by atoms with Crippen molar-refractivity contribution in [3.05, 3.63) is 102 Å². The molecule has 2 N–H and O–H groups in total. The molecule has 4 heterocycles. The zero-order valence-electron chi connectivity index (χ0n) is 22.4. The third-order valence-electron chi connectivity index (χ3n) is 8.27. The molecule has 0 aliphatic carbocycles. The van der Waals surface area contributed by atoms with Crippen LogP contribution in [0.4, 0.5) is 5.69 Å². The van der Waals surface area contributed by atoms with E-state index in [1.807, 2.05) is 59.3 Å². The summed E-state index contributed by atoms with van der Waals surface area (Å²) >= 11 is 0. The predicted octanol–water partition coefficient (Wildman–Crippen LogP) is 4.62. The van der Waals surface area contributed by atoms with Gasteiger partial charge in [-0.15, -0.1) is 0 Å². The first-order chi connectivity index (χ1) is 19.6. The number of hydrazone groups is 1. The van der Waals surface area contributed by atoms with Crippen molar-refractivity contribution < 1.29 is 9.90 Å². The van der Waals surface area contributed by atoms with Crippen LogP contribution in [0.5, 0.6) is 0 Å². The highest BCUT2D eigenvalue weighted by molar-refractivity contribution is 6.20. The molecule has 5 aromatic rings. The van der Waals surface area contributed by atoms with Gasteiger partial charge in [0.1, 0.15) is 0 Å². The van der Waals surface area contributed by atoms with Crippen LogP contribution in [-0.4, -0.2) is 43.8 Å². The van der Waals surface area contributed by atoms with Crippen LogP contribution in [0.15, 0.2) is 96.4 Å². The monoisotopic (exact) mass is 532 g/mol. The number of anilines is 1. The number of likely N-dealkylation sites (tertiary alicyclic amines) is 1. The molecule has 0 spiro atoms. The molecular formula is C32H32N6O2. The van der Waals surface area contributed by atoms with E-state index in [0.29, 0.717) is 18.9 Å². The van der Waals surface area contributed by atoms with Crippen LogP contribution in [-0.2, 0) is 24.9 Å². The van der Waals surface area contributed by atoms with Crippen molar-refractivity contribution in [3.8, 4) is 0 Å². The molecule has 0 bridgehead atoms. The number of aliphatic hydroxyl groups is 1. The minimum Gasteiger partial charge on any atom is -0.355 e. The number of aryl methyl sites for hydroxylation is 2. The van der Waals surface area contributed by atoms with Crippen molar-refractivity contribution in [1.29, 1.82) is 0 Å². The number of carbonyl (C=O) groups is 1. The average molecular weight is 533 g/mol. The van der Waals surface area contributed by atoms with Gasteiger partial charge in [-0.2, -0.15) is 5.10 Å². The second-order valence-electron chi connectivity index (χ2n) is 10.7. The lowest BCUT2D eigenvalue weighted by Crippen LogP contribution is -2.40. The molecule has 2 unspecified atom stereocenters. The van der Waals surface area contributed by atoms with Crippen molar-refractivity contribution in [1.82, 2.24) is 19.5 Å². The molecule has 202 valence electrons. The summed E-state index contributed by atoms with van der Waals surface area (Å²) < 4.78 is 4.29. The summed E-state index contributed by atoms with van der Waals surface area (Å²) in [4.78, 5) is 17.1. The first kappa shape index (κ1) is 24.5. The quantitative estimate of drug-likeness (QED) is 0.321. The molecule has 2 aliphatic rings. The van der Waals surface area contributed by atoms with Crippen LogP contribution in [0.3, 0.4) is 0 Å². The molecule has 8 heteroatoms. The number of hydrogen-bond donors (Lipinski definition) is 2. The number of amidine groups is 1. The Morgan fingerprint density at radius 2 is 1.65 bits per heavy atom. The predicted molar refractivity (Wildman–Crippen MR) is 158 cm³/mol. The summed E-state index contributed by atoms with van der Waals surface area (Å²) in [6.07, 6.45) is 4.80. The molecule has 7 rings (SSSR count). The topological polar surface area (TPSA) is 78.0 Å². The van der Waals surface area contributed by atoms with Crippen LogP contribution in [0.1, 0.15) is 24.0 Å². The smallest absolute Gasteiger partial charge is 0.226 e. The molecule has 2 aromatic heterocycles. The zero-order valence-corrected chi connectivity index (χ0v) is 22.4. The zero-order chi connectivity index (χ0) is 27.2. The second-order valence-corrected chi connectivity index (χ2v) is 10.7. The summed E-state index contributed by atoms with van der Waals surface area (Å²) in [7, 11) is 2.02. The largest absolute Gasteiger partial charge is 0.355 e. The van der Waals surface area contributed by atoms with Gasteiger partial charge in [0.15, 0.2) is 5.84 Å². The first-order valence-electron chi connectivity index (χ1n) is 13.8. The number of fused-ring (bicyclic) bond motifs is 2. The van der Waals surface area contributed by atoms with Gasteiger partial charge in [0.25, 0.3) is 0 Å². The average Bonchev–Trinajstić information content (AvgIpc) is 3.73. The van der Waals surface area contributed by atoms with Gasteiger partial charge in [-0.1, -0.05) is 66.7 Å². The minimum atomic E-state index is -0.990. The molecule has 1 saturated heterocycles. The highest BCUT2D eigenvalue weighted by atomic mass is 16.3. The summed E-state index contributed by atoms with van der Waals surface area (Å²) in [5.74, 6) is 0.931. The van der Waals surface area contributed by atoms with E-state index in [1.54, 1.807) is 0 Å². The SMILES string of the molecule is Cn1cc(C2=NNC(O)N2c2cn(CCC3CCN(Cc4ccccc4)C3=O)c3ccccc23)c2ccccc21. The molecule has 40 heavy (non-hydrogen) atoms. The number of rotatable bonds is 7. The van der Waals surface area contributed by atoms with Gasteiger partial charge in [-0.05, 0) is 30.5 Å². The standard InChI is InChI=1S/C32H32N6O2/c1-35-20-26(24-11-5-7-13-27(24)35)30-33-34-32(40)38(30)29-21-36(28-14-8-6-12-25(28)29)17-15-23-16-18-37(31(23)39)19-22-9-3-2-4-10-22/h2-14,20-21,23,32,34,40H,15-19H2,1H3. The third kappa shape index (κ3) is 4.12. The Labute approximate surface area is 232 Å². The lowest BCUT2D eigenvalue weighted by atomic mass is 10.0. The molecule has 0 radical (unpaired) electrons. The Hall–Kier alpha value is -4.56. The van der Waals surface area contributed by atoms with E-state index < -0.39 is 6.35 Å². The van der Waals surface area contributed by atoms with E-state index in [2.05, 4.69) is 68.5 Å². The molecule has 3 aromatic carbocycles. The normalized spacial score (nSPS) is 19.1. The van der Waals surface area contributed by atoms with E-state index in [0.717, 1.165) is 52.4 Å². The minimum absolute atomic E-state index is 0.0141. The van der Waals surface area contributed by atoms with Gasteiger partial charge in [0, 0.05) is 66.8 Å². The maximum absolute atomic E-state index is 13.2. The van der Waals surface area contributed by atoms with Gasteiger partial charge >= 0.3 is 0 Å². The van der Waals surface area contributed by atoms with Gasteiger partial charge in [0.2, 0.25) is 12.3 Å².